The molecule has 4 nitrogen and oxygen atoms in total. The van der Waals surface area contributed by atoms with Crippen molar-refractivity contribution in [1.29, 1.82) is 0 Å². The van der Waals surface area contributed by atoms with Gasteiger partial charge in [-0.15, -0.1) is 11.3 Å². The third-order valence-electron chi connectivity index (χ3n) is 3.06. The predicted molar refractivity (Wildman–Crippen MR) is 89.8 cm³/mol. The Balaban J connectivity index is 1.93. The van der Waals surface area contributed by atoms with Crippen LogP contribution in [0.25, 0.3) is 0 Å². The van der Waals surface area contributed by atoms with Crippen LogP contribution in [0.4, 0.5) is 11.4 Å². The fourth-order valence-corrected chi connectivity index (χ4v) is 2.87. The molecule has 0 aliphatic rings. The van der Waals surface area contributed by atoms with Gasteiger partial charge in [0.2, 0.25) is 5.91 Å². The first kappa shape index (κ1) is 15.8. The number of hydrogen-bond acceptors (Lipinski definition) is 4. The molecule has 3 N–H and O–H groups in total. The largest absolute Gasteiger partial charge is 0.397 e. The molecule has 0 bridgehead atoms. The maximum atomic E-state index is 12.1. The Morgan fingerprint density at radius 3 is 2.86 bits per heavy atom. The summed E-state index contributed by atoms with van der Waals surface area (Å²) in [6.45, 7) is 3.95. The van der Waals surface area contributed by atoms with E-state index in [-0.39, 0.29) is 5.91 Å². The molecule has 2 rings (SSSR count). The van der Waals surface area contributed by atoms with Crippen molar-refractivity contribution in [2.75, 3.05) is 24.1 Å². The lowest BCUT2D eigenvalue weighted by Crippen LogP contribution is -2.32. The van der Waals surface area contributed by atoms with Gasteiger partial charge in [0, 0.05) is 16.4 Å². The molecule has 0 aliphatic carbocycles. The van der Waals surface area contributed by atoms with E-state index in [1.54, 1.807) is 29.5 Å². The first-order valence-electron chi connectivity index (χ1n) is 6.68. The van der Waals surface area contributed by atoms with Crippen LogP contribution in [-0.4, -0.2) is 23.9 Å². The number of carbonyl (C=O) groups excluding carboxylic acids is 1. The zero-order chi connectivity index (χ0) is 15.2. The summed E-state index contributed by atoms with van der Waals surface area (Å²) < 4.78 is 0. The second kappa shape index (κ2) is 7.45. The van der Waals surface area contributed by atoms with Crippen LogP contribution in [0.5, 0.6) is 0 Å². The molecule has 1 aromatic heterocycles. The van der Waals surface area contributed by atoms with E-state index in [9.17, 15) is 4.79 Å². The van der Waals surface area contributed by atoms with Crippen LogP contribution in [0, 0.1) is 0 Å². The zero-order valence-electron chi connectivity index (χ0n) is 11.8. The molecule has 1 aromatic carbocycles. The van der Waals surface area contributed by atoms with E-state index in [0.29, 0.717) is 22.9 Å². The van der Waals surface area contributed by atoms with E-state index in [0.717, 1.165) is 13.1 Å². The van der Waals surface area contributed by atoms with Gasteiger partial charge in [0.1, 0.15) is 0 Å². The molecule has 1 heterocycles. The molecular formula is C15H18ClN3OS. The number of hydrogen-bond donors (Lipinski definition) is 2. The predicted octanol–water partition coefficient (Wildman–Crippen LogP) is 3.44. The second-order valence-corrected chi connectivity index (χ2v) is 6.13. The van der Waals surface area contributed by atoms with Gasteiger partial charge in [-0.05, 0) is 36.2 Å². The smallest absolute Gasteiger partial charge is 0.238 e. The van der Waals surface area contributed by atoms with E-state index >= 15 is 0 Å². The number of benzene rings is 1. The molecule has 0 saturated heterocycles. The minimum Gasteiger partial charge on any atom is -0.397 e. The number of anilines is 2. The van der Waals surface area contributed by atoms with E-state index in [1.165, 1.54) is 4.88 Å². The van der Waals surface area contributed by atoms with Gasteiger partial charge in [0.25, 0.3) is 0 Å². The Bertz CT molecular complexity index is 601. The third kappa shape index (κ3) is 4.74. The van der Waals surface area contributed by atoms with Gasteiger partial charge in [0.15, 0.2) is 0 Å². The molecule has 1 amide bonds. The van der Waals surface area contributed by atoms with Crippen molar-refractivity contribution in [3.05, 3.63) is 45.6 Å². The van der Waals surface area contributed by atoms with Crippen LogP contribution in [0.2, 0.25) is 5.02 Å². The number of amides is 1. The zero-order valence-corrected chi connectivity index (χ0v) is 13.4. The van der Waals surface area contributed by atoms with Gasteiger partial charge >= 0.3 is 0 Å². The first-order valence-corrected chi connectivity index (χ1v) is 7.94. The van der Waals surface area contributed by atoms with Crippen molar-refractivity contribution < 1.29 is 4.79 Å². The summed E-state index contributed by atoms with van der Waals surface area (Å²) >= 11 is 7.53. The normalized spacial score (nSPS) is 10.8. The highest BCUT2D eigenvalue weighted by Gasteiger charge is 2.11. The van der Waals surface area contributed by atoms with Crippen LogP contribution in [0.3, 0.4) is 0 Å². The van der Waals surface area contributed by atoms with Gasteiger partial charge < -0.3 is 11.1 Å². The van der Waals surface area contributed by atoms with Crippen molar-refractivity contribution >= 4 is 40.2 Å². The molecule has 0 unspecified atom stereocenters. The highest BCUT2D eigenvalue weighted by Crippen LogP contribution is 2.22. The number of carbonyl (C=O) groups is 1. The lowest BCUT2D eigenvalue weighted by molar-refractivity contribution is -0.117. The Morgan fingerprint density at radius 1 is 1.43 bits per heavy atom. The van der Waals surface area contributed by atoms with Crippen LogP contribution in [-0.2, 0) is 11.3 Å². The molecule has 0 saturated carbocycles. The number of nitrogens with zero attached hydrogens (tertiary/aromatic N) is 1. The maximum absolute atomic E-state index is 12.1. The summed E-state index contributed by atoms with van der Waals surface area (Å²) in [6.07, 6.45) is 0. The first-order chi connectivity index (χ1) is 10.1. The summed E-state index contributed by atoms with van der Waals surface area (Å²) in [5.41, 5.74) is 6.90. The van der Waals surface area contributed by atoms with Crippen molar-refractivity contribution in [2.24, 2.45) is 0 Å². The summed E-state index contributed by atoms with van der Waals surface area (Å²) in [6, 6.07) is 9.13. The molecule has 0 atom stereocenters. The van der Waals surface area contributed by atoms with E-state index in [1.807, 2.05) is 18.4 Å². The number of halogens is 1. The topological polar surface area (TPSA) is 58.4 Å². The summed E-state index contributed by atoms with van der Waals surface area (Å²) in [7, 11) is 0. The average Bonchev–Trinajstić information content (AvgIpc) is 2.94. The minimum atomic E-state index is -0.0811. The van der Waals surface area contributed by atoms with Crippen LogP contribution >= 0.6 is 22.9 Å². The second-order valence-electron chi connectivity index (χ2n) is 4.66. The minimum absolute atomic E-state index is 0.0811. The quantitative estimate of drug-likeness (QED) is 0.801. The average molecular weight is 324 g/mol. The molecule has 21 heavy (non-hydrogen) atoms. The van der Waals surface area contributed by atoms with E-state index < -0.39 is 0 Å². The van der Waals surface area contributed by atoms with Gasteiger partial charge in [-0.2, -0.15) is 0 Å². The van der Waals surface area contributed by atoms with Crippen molar-refractivity contribution in [2.45, 2.75) is 13.5 Å². The molecular weight excluding hydrogens is 306 g/mol. The Kier molecular flexibility index (Phi) is 5.61. The van der Waals surface area contributed by atoms with Gasteiger partial charge in [-0.25, -0.2) is 0 Å². The van der Waals surface area contributed by atoms with Crippen molar-refractivity contribution in [1.82, 2.24) is 4.90 Å². The monoisotopic (exact) mass is 323 g/mol. The lowest BCUT2D eigenvalue weighted by Gasteiger charge is -2.19. The number of nitrogen functional groups attached to an aromatic ring is 1. The maximum Gasteiger partial charge on any atom is 0.238 e. The van der Waals surface area contributed by atoms with Crippen LogP contribution < -0.4 is 11.1 Å². The van der Waals surface area contributed by atoms with E-state index in [2.05, 4.69) is 16.3 Å². The van der Waals surface area contributed by atoms with Gasteiger partial charge in [-0.3, -0.25) is 9.69 Å². The molecule has 0 spiro atoms. The number of thiophene rings is 1. The molecule has 0 aliphatic heterocycles. The number of nitrogens with two attached hydrogens (primary N) is 1. The van der Waals surface area contributed by atoms with Gasteiger partial charge in [0.05, 0.1) is 17.9 Å². The SMILES string of the molecule is CCN(CC(=O)Nc1ccc(Cl)cc1N)Cc1cccs1. The molecule has 0 radical (unpaired) electrons. The Labute approximate surface area is 133 Å². The fourth-order valence-electron chi connectivity index (χ4n) is 1.94. The summed E-state index contributed by atoms with van der Waals surface area (Å²) in [5.74, 6) is -0.0811. The summed E-state index contributed by atoms with van der Waals surface area (Å²) in [5, 5.41) is 5.41. The molecule has 0 fully saturated rings. The fraction of sp³-hybridized carbons (Fsp3) is 0.267. The lowest BCUT2D eigenvalue weighted by atomic mass is 10.2. The number of likely N-dealkylation sites (N-methyl/N-ethyl adjacent to an activating group) is 1. The van der Waals surface area contributed by atoms with Crippen molar-refractivity contribution in [3.63, 3.8) is 0 Å². The highest BCUT2D eigenvalue weighted by molar-refractivity contribution is 7.09. The number of nitrogens with one attached hydrogen (secondary N) is 1. The Morgan fingerprint density at radius 2 is 2.24 bits per heavy atom. The van der Waals surface area contributed by atoms with Crippen LogP contribution in [0.1, 0.15) is 11.8 Å². The van der Waals surface area contributed by atoms with Gasteiger partial charge in [-0.1, -0.05) is 24.6 Å². The third-order valence-corrected chi connectivity index (χ3v) is 4.16. The molecule has 6 heteroatoms. The molecule has 2 aromatic rings. The van der Waals surface area contributed by atoms with Crippen LogP contribution in [0.15, 0.2) is 35.7 Å². The summed E-state index contributed by atoms with van der Waals surface area (Å²) in [4.78, 5) is 15.4. The molecule has 112 valence electrons. The Hall–Kier alpha value is -1.56. The highest BCUT2D eigenvalue weighted by atomic mass is 35.5. The standard InChI is InChI=1S/C15H18ClN3OS/c1-2-19(9-12-4-3-7-21-12)10-15(20)18-14-6-5-11(16)8-13(14)17/h3-8H,2,9-10,17H2,1H3,(H,18,20). The van der Waals surface area contributed by atoms with E-state index in [4.69, 9.17) is 17.3 Å². The number of rotatable bonds is 6. The van der Waals surface area contributed by atoms with Crippen molar-refractivity contribution in [3.8, 4) is 0 Å².